The van der Waals surface area contributed by atoms with Gasteiger partial charge in [-0.05, 0) is 23.6 Å². The van der Waals surface area contributed by atoms with Crippen molar-refractivity contribution in [3.63, 3.8) is 0 Å². The van der Waals surface area contributed by atoms with Gasteiger partial charge in [-0.1, -0.05) is 12.2 Å². The van der Waals surface area contributed by atoms with E-state index in [1.165, 1.54) is 10.8 Å². The van der Waals surface area contributed by atoms with E-state index >= 15 is 0 Å². The number of rotatable bonds is 1. The first kappa shape index (κ1) is 10.0. The lowest BCUT2D eigenvalue weighted by Gasteiger charge is -2.11. The molecule has 1 aromatic rings. The Labute approximate surface area is 99.2 Å². The van der Waals surface area contributed by atoms with Crippen LogP contribution in [-0.4, -0.2) is 17.5 Å². The van der Waals surface area contributed by atoms with E-state index in [1.807, 2.05) is 6.07 Å². The largest absolute Gasteiger partial charge is 0.507 e. The molecule has 2 nitrogen and oxygen atoms in total. The summed E-state index contributed by atoms with van der Waals surface area (Å²) >= 11 is 5.99. The van der Waals surface area contributed by atoms with Crippen LogP contribution in [0.1, 0.15) is 24.3 Å². The van der Waals surface area contributed by atoms with Crippen LogP contribution >= 0.6 is 11.6 Å². The van der Waals surface area contributed by atoms with Crippen LogP contribution in [-0.2, 0) is 0 Å². The third-order valence-corrected chi connectivity index (χ3v) is 3.80. The zero-order chi connectivity index (χ0) is 11.1. The van der Waals surface area contributed by atoms with E-state index in [2.05, 4.69) is 17.5 Å². The maximum absolute atomic E-state index is 9.96. The van der Waals surface area contributed by atoms with Crippen molar-refractivity contribution in [2.24, 2.45) is 0 Å². The van der Waals surface area contributed by atoms with Gasteiger partial charge in [0.1, 0.15) is 5.75 Å². The van der Waals surface area contributed by atoms with E-state index in [4.69, 9.17) is 11.6 Å². The standard InChI is InChI=1S/C13H14ClNO/c14-6-8-7-15-11-5-12(16)9-3-1-2-4-10(9)13(8)11/h3-5,8,15-16H,1-2,6-7H2/t8-/m1/s1. The molecule has 0 fully saturated rings. The topological polar surface area (TPSA) is 32.3 Å². The number of hydrogen-bond donors (Lipinski definition) is 2. The van der Waals surface area contributed by atoms with Gasteiger partial charge in [0.2, 0.25) is 0 Å². The zero-order valence-corrected chi connectivity index (χ0v) is 9.72. The molecular formula is C13H14ClNO. The van der Waals surface area contributed by atoms with Gasteiger partial charge in [0.25, 0.3) is 0 Å². The molecule has 0 amide bonds. The first-order valence-electron chi connectivity index (χ1n) is 5.67. The van der Waals surface area contributed by atoms with Gasteiger partial charge in [0.15, 0.2) is 0 Å². The van der Waals surface area contributed by atoms with Gasteiger partial charge in [-0.2, -0.15) is 0 Å². The highest BCUT2D eigenvalue weighted by molar-refractivity contribution is 6.18. The summed E-state index contributed by atoms with van der Waals surface area (Å²) < 4.78 is 0. The smallest absolute Gasteiger partial charge is 0.125 e. The summed E-state index contributed by atoms with van der Waals surface area (Å²) in [4.78, 5) is 0. The normalized spacial score (nSPS) is 21.4. The van der Waals surface area contributed by atoms with Crippen molar-refractivity contribution in [3.8, 4) is 5.75 Å². The number of alkyl halides is 1. The fraction of sp³-hybridized carbons (Fsp3) is 0.385. The molecule has 0 bridgehead atoms. The number of anilines is 1. The molecule has 1 aliphatic heterocycles. The van der Waals surface area contributed by atoms with E-state index in [1.54, 1.807) is 0 Å². The Hall–Kier alpha value is -1.15. The lowest BCUT2D eigenvalue weighted by Crippen LogP contribution is -2.31. The number of halogens is 1. The fourth-order valence-corrected chi connectivity index (χ4v) is 2.93. The van der Waals surface area contributed by atoms with Crippen LogP contribution in [0.2, 0.25) is 0 Å². The summed E-state index contributed by atoms with van der Waals surface area (Å²) in [5, 5.41) is 15.5. The summed E-state index contributed by atoms with van der Waals surface area (Å²) in [7, 11) is 0. The first-order chi connectivity index (χ1) is 7.81. The summed E-state index contributed by atoms with van der Waals surface area (Å²) in [6.45, 7) is 0.878. The van der Waals surface area contributed by atoms with Crippen LogP contribution in [0.3, 0.4) is 0 Å². The predicted octanol–water partition coefficient (Wildman–Crippen LogP) is 1.49. The lowest BCUT2D eigenvalue weighted by atomic mass is 9.95. The maximum Gasteiger partial charge on any atom is 0.125 e. The van der Waals surface area contributed by atoms with Gasteiger partial charge in [-0.25, -0.2) is 0 Å². The highest BCUT2D eigenvalue weighted by Gasteiger charge is 2.24. The van der Waals surface area contributed by atoms with Crippen molar-refractivity contribution < 1.29 is 5.11 Å². The summed E-state index contributed by atoms with van der Waals surface area (Å²) in [5.41, 5.74) is 2.34. The van der Waals surface area contributed by atoms with Crippen LogP contribution in [0, 0.1) is 0 Å². The van der Waals surface area contributed by atoms with Gasteiger partial charge in [0, 0.05) is 35.3 Å². The van der Waals surface area contributed by atoms with E-state index in [0.717, 1.165) is 30.3 Å². The minimum absolute atomic E-state index is 0.369. The number of hydrogen-bond acceptors (Lipinski definition) is 2. The van der Waals surface area contributed by atoms with Gasteiger partial charge >= 0.3 is 0 Å². The number of nitrogens with one attached hydrogen (secondary N) is 1. The molecule has 0 unspecified atom stereocenters. The molecule has 2 aliphatic rings. The minimum atomic E-state index is 0.369. The third-order valence-electron chi connectivity index (χ3n) is 3.42. The van der Waals surface area contributed by atoms with Crippen molar-refractivity contribution in [1.29, 1.82) is 0 Å². The lowest BCUT2D eigenvalue weighted by molar-refractivity contribution is 0.470. The zero-order valence-electron chi connectivity index (χ0n) is 8.96. The maximum atomic E-state index is 9.96. The van der Waals surface area contributed by atoms with Crippen LogP contribution in [0.25, 0.3) is 12.2 Å². The quantitative estimate of drug-likeness (QED) is 0.723. The molecule has 1 aromatic carbocycles. The van der Waals surface area contributed by atoms with Crippen LogP contribution in [0.5, 0.6) is 5.75 Å². The number of fused-ring (bicyclic) bond motifs is 3. The molecule has 1 aliphatic carbocycles. The van der Waals surface area contributed by atoms with E-state index in [-0.39, 0.29) is 0 Å². The Kier molecular flexibility index (Phi) is 2.32. The van der Waals surface area contributed by atoms with E-state index < -0.39 is 0 Å². The van der Waals surface area contributed by atoms with Crippen molar-refractivity contribution in [1.82, 2.24) is 0 Å². The van der Waals surface area contributed by atoms with Gasteiger partial charge < -0.3 is 10.4 Å². The van der Waals surface area contributed by atoms with Crippen molar-refractivity contribution in [2.75, 3.05) is 17.7 Å². The molecule has 0 saturated heterocycles. The highest BCUT2D eigenvalue weighted by Crippen LogP contribution is 2.30. The average Bonchev–Trinajstić information content (AvgIpc) is 2.72. The van der Waals surface area contributed by atoms with Crippen LogP contribution < -0.4 is 15.8 Å². The van der Waals surface area contributed by atoms with Gasteiger partial charge in [0.05, 0.1) is 0 Å². The first-order valence-corrected chi connectivity index (χ1v) is 6.21. The Morgan fingerprint density at radius 1 is 1.31 bits per heavy atom. The molecule has 84 valence electrons. The van der Waals surface area contributed by atoms with Crippen LogP contribution in [0.4, 0.5) is 5.69 Å². The molecule has 3 heteroatoms. The Morgan fingerprint density at radius 2 is 2.06 bits per heavy atom. The van der Waals surface area contributed by atoms with E-state index in [9.17, 15) is 5.11 Å². The second-order valence-electron chi connectivity index (χ2n) is 4.40. The molecule has 3 rings (SSSR count). The molecule has 0 spiro atoms. The molecule has 1 atom stereocenters. The van der Waals surface area contributed by atoms with Crippen LogP contribution in [0.15, 0.2) is 6.07 Å². The number of aromatic hydroxyl groups is 1. The summed E-state index contributed by atoms with van der Waals surface area (Å²) in [6.07, 6.45) is 6.41. The Balaban J connectivity index is 2.36. The second-order valence-corrected chi connectivity index (χ2v) is 4.71. The van der Waals surface area contributed by atoms with E-state index in [0.29, 0.717) is 17.5 Å². The van der Waals surface area contributed by atoms with Crippen molar-refractivity contribution >= 4 is 29.4 Å². The molecular weight excluding hydrogens is 222 g/mol. The minimum Gasteiger partial charge on any atom is -0.507 e. The Bertz CT molecular complexity index is 550. The summed E-state index contributed by atoms with van der Waals surface area (Å²) in [5.74, 6) is 1.38. The molecule has 0 radical (unpaired) electrons. The number of benzene rings is 1. The highest BCUT2D eigenvalue weighted by atomic mass is 35.5. The van der Waals surface area contributed by atoms with Crippen molar-refractivity contribution in [3.05, 3.63) is 22.1 Å². The molecule has 1 heterocycles. The second kappa shape index (κ2) is 3.70. The summed E-state index contributed by atoms with van der Waals surface area (Å²) in [6, 6.07) is 1.83. The fourth-order valence-electron chi connectivity index (χ4n) is 2.66. The van der Waals surface area contributed by atoms with Crippen molar-refractivity contribution in [2.45, 2.75) is 18.8 Å². The molecule has 2 N–H and O–H groups in total. The number of phenolic OH excluding ortho intramolecular Hbond substituents is 1. The predicted molar refractivity (Wildman–Crippen MR) is 67.5 cm³/mol. The number of phenols is 1. The Morgan fingerprint density at radius 3 is 2.81 bits per heavy atom. The monoisotopic (exact) mass is 235 g/mol. The van der Waals surface area contributed by atoms with Gasteiger partial charge in [-0.15, -0.1) is 11.6 Å². The molecule has 0 saturated carbocycles. The molecule has 0 aromatic heterocycles. The molecule has 16 heavy (non-hydrogen) atoms. The average molecular weight is 236 g/mol. The van der Waals surface area contributed by atoms with Gasteiger partial charge in [-0.3, -0.25) is 0 Å². The SMILES string of the molecule is Oc1cc2c(c3c1=CCCC=3)[C@H](CCl)CN2. The third kappa shape index (κ3) is 1.33.